The number of amides is 1. The molecule has 2 aromatic carbocycles. The summed E-state index contributed by atoms with van der Waals surface area (Å²) in [5, 5.41) is 11.6. The first-order valence-electron chi connectivity index (χ1n) is 7.96. The SMILES string of the molecule is COC(=O)/C=C/c1ccccc1NC(=O)c1cccc(CCC(=O)O)c1. The van der Waals surface area contributed by atoms with Gasteiger partial charge in [0.2, 0.25) is 0 Å². The van der Waals surface area contributed by atoms with Gasteiger partial charge in [0.05, 0.1) is 7.11 Å². The monoisotopic (exact) mass is 353 g/mol. The van der Waals surface area contributed by atoms with Gasteiger partial charge in [-0.25, -0.2) is 4.79 Å². The minimum absolute atomic E-state index is 0.00618. The number of carbonyl (C=O) groups is 3. The quantitative estimate of drug-likeness (QED) is 0.589. The summed E-state index contributed by atoms with van der Waals surface area (Å²) >= 11 is 0. The lowest BCUT2D eigenvalue weighted by atomic mass is 10.1. The van der Waals surface area contributed by atoms with Gasteiger partial charge >= 0.3 is 11.9 Å². The van der Waals surface area contributed by atoms with E-state index in [-0.39, 0.29) is 12.3 Å². The fourth-order valence-electron chi connectivity index (χ4n) is 2.30. The molecule has 0 saturated carbocycles. The molecule has 0 saturated heterocycles. The Morgan fingerprint density at radius 2 is 1.88 bits per heavy atom. The fourth-order valence-corrected chi connectivity index (χ4v) is 2.30. The van der Waals surface area contributed by atoms with Crippen LogP contribution in [0.4, 0.5) is 5.69 Å². The first-order valence-corrected chi connectivity index (χ1v) is 7.96. The summed E-state index contributed by atoms with van der Waals surface area (Å²) < 4.78 is 4.56. The van der Waals surface area contributed by atoms with Crippen molar-refractivity contribution in [3.8, 4) is 0 Å². The van der Waals surface area contributed by atoms with Gasteiger partial charge in [-0.2, -0.15) is 0 Å². The summed E-state index contributed by atoms with van der Waals surface area (Å²) in [6, 6.07) is 13.9. The molecule has 0 fully saturated rings. The van der Waals surface area contributed by atoms with Crippen LogP contribution in [0.1, 0.15) is 27.9 Å². The lowest BCUT2D eigenvalue weighted by molar-refractivity contribution is -0.137. The Morgan fingerprint density at radius 1 is 1.12 bits per heavy atom. The van der Waals surface area contributed by atoms with Crippen LogP contribution in [0.2, 0.25) is 0 Å². The van der Waals surface area contributed by atoms with E-state index in [2.05, 4.69) is 10.1 Å². The Labute approximate surface area is 151 Å². The minimum atomic E-state index is -0.883. The average molecular weight is 353 g/mol. The molecule has 0 unspecified atom stereocenters. The van der Waals surface area contributed by atoms with Crippen LogP contribution in [0.3, 0.4) is 0 Å². The number of benzene rings is 2. The van der Waals surface area contributed by atoms with Crippen LogP contribution in [-0.2, 0) is 20.7 Å². The molecule has 0 aliphatic heterocycles. The third-order valence-electron chi connectivity index (χ3n) is 3.63. The third kappa shape index (κ3) is 5.59. The maximum Gasteiger partial charge on any atom is 0.330 e. The number of carbonyl (C=O) groups excluding carboxylic acids is 2. The number of ether oxygens (including phenoxy) is 1. The smallest absolute Gasteiger partial charge is 0.330 e. The van der Waals surface area contributed by atoms with E-state index in [1.54, 1.807) is 54.6 Å². The molecule has 0 radical (unpaired) electrons. The molecule has 26 heavy (non-hydrogen) atoms. The number of hydrogen-bond donors (Lipinski definition) is 2. The second-order valence-electron chi connectivity index (χ2n) is 5.49. The van der Waals surface area contributed by atoms with Gasteiger partial charge in [-0.3, -0.25) is 9.59 Å². The molecular weight excluding hydrogens is 334 g/mol. The van der Waals surface area contributed by atoms with Gasteiger partial charge in [0, 0.05) is 23.7 Å². The topological polar surface area (TPSA) is 92.7 Å². The molecule has 1 amide bonds. The summed E-state index contributed by atoms with van der Waals surface area (Å²) in [6.07, 6.45) is 3.20. The molecule has 0 aromatic heterocycles. The summed E-state index contributed by atoms with van der Waals surface area (Å²) in [5.41, 5.74) is 2.42. The van der Waals surface area contributed by atoms with Crippen LogP contribution in [0.25, 0.3) is 6.08 Å². The van der Waals surface area contributed by atoms with Crippen molar-refractivity contribution in [1.29, 1.82) is 0 Å². The van der Waals surface area contributed by atoms with Crippen molar-refractivity contribution in [2.24, 2.45) is 0 Å². The second-order valence-corrected chi connectivity index (χ2v) is 5.49. The van der Waals surface area contributed by atoms with Gasteiger partial charge in [0.25, 0.3) is 5.91 Å². The van der Waals surface area contributed by atoms with Crippen molar-refractivity contribution in [3.05, 3.63) is 71.3 Å². The summed E-state index contributed by atoms with van der Waals surface area (Å²) in [5.74, 6) is -1.69. The Hall–Kier alpha value is -3.41. The number of methoxy groups -OCH3 is 1. The van der Waals surface area contributed by atoms with E-state index >= 15 is 0 Å². The molecule has 0 bridgehead atoms. The molecular formula is C20H19NO5. The van der Waals surface area contributed by atoms with Crippen molar-refractivity contribution in [2.75, 3.05) is 12.4 Å². The number of aryl methyl sites for hydroxylation is 1. The summed E-state index contributed by atoms with van der Waals surface area (Å²) in [4.78, 5) is 34.4. The van der Waals surface area contributed by atoms with E-state index in [0.29, 0.717) is 23.2 Å². The van der Waals surface area contributed by atoms with Gasteiger partial charge in [0.15, 0.2) is 0 Å². The van der Waals surface area contributed by atoms with Crippen LogP contribution in [0.5, 0.6) is 0 Å². The maximum absolute atomic E-state index is 12.5. The number of nitrogens with one attached hydrogen (secondary N) is 1. The van der Waals surface area contributed by atoms with Gasteiger partial charge in [-0.15, -0.1) is 0 Å². The van der Waals surface area contributed by atoms with E-state index in [9.17, 15) is 14.4 Å². The highest BCUT2D eigenvalue weighted by Crippen LogP contribution is 2.18. The number of carboxylic acid groups (broad SMARTS) is 1. The zero-order valence-corrected chi connectivity index (χ0v) is 14.3. The first-order chi connectivity index (χ1) is 12.5. The van der Waals surface area contributed by atoms with Crippen LogP contribution >= 0.6 is 0 Å². The molecule has 0 aliphatic carbocycles. The molecule has 0 atom stereocenters. The van der Waals surface area contributed by atoms with Crippen LogP contribution < -0.4 is 5.32 Å². The summed E-state index contributed by atoms with van der Waals surface area (Å²) in [6.45, 7) is 0. The number of hydrogen-bond acceptors (Lipinski definition) is 4. The molecule has 2 rings (SSSR count). The van der Waals surface area contributed by atoms with Crippen LogP contribution in [-0.4, -0.2) is 30.1 Å². The Bertz CT molecular complexity index is 842. The Morgan fingerprint density at radius 3 is 2.62 bits per heavy atom. The zero-order valence-electron chi connectivity index (χ0n) is 14.3. The third-order valence-corrected chi connectivity index (χ3v) is 3.63. The molecule has 6 heteroatoms. The van der Waals surface area contributed by atoms with Gasteiger partial charge in [-0.05, 0) is 41.8 Å². The highest BCUT2D eigenvalue weighted by atomic mass is 16.5. The lowest BCUT2D eigenvalue weighted by Crippen LogP contribution is -2.13. The van der Waals surface area contributed by atoms with Gasteiger partial charge in [-0.1, -0.05) is 30.3 Å². The van der Waals surface area contributed by atoms with E-state index < -0.39 is 11.9 Å². The number of anilines is 1. The largest absolute Gasteiger partial charge is 0.481 e. The van der Waals surface area contributed by atoms with Gasteiger partial charge in [0.1, 0.15) is 0 Å². The number of carboxylic acids is 1. The Balaban J connectivity index is 2.15. The lowest BCUT2D eigenvalue weighted by Gasteiger charge is -2.09. The highest BCUT2D eigenvalue weighted by Gasteiger charge is 2.09. The highest BCUT2D eigenvalue weighted by molar-refractivity contribution is 6.05. The van der Waals surface area contributed by atoms with Crippen molar-refractivity contribution < 1.29 is 24.2 Å². The molecule has 0 aliphatic rings. The Kier molecular flexibility index (Phi) is 6.68. The predicted octanol–water partition coefficient (Wildman–Crippen LogP) is 3.14. The minimum Gasteiger partial charge on any atom is -0.481 e. The normalized spacial score (nSPS) is 10.5. The molecule has 2 N–H and O–H groups in total. The van der Waals surface area contributed by atoms with Crippen molar-refractivity contribution >= 4 is 29.6 Å². The zero-order chi connectivity index (χ0) is 18.9. The number of rotatable bonds is 7. The summed E-state index contributed by atoms with van der Waals surface area (Å²) in [7, 11) is 1.29. The van der Waals surface area contributed by atoms with Crippen molar-refractivity contribution in [2.45, 2.75) is 12.8 Å². The molecule has 134 valence electrons. The van der Waals surface area contributed by atoms with Crippen molar-refractivity contribution in [3.63, 3.8) is 0 Å². The first kappa shape index (κ1) is 18.9. The van der Waals surface area contributed by atoms with E-state index in [0.717, 1.165) is 5.56 Å². The number of aliphatic carboxylic acids is 1. The number of esters is 1. The van der Waals surface area contributed by atoms with Crippen molar-refractivity contribution in [1.82, 2.24) is 0 Å². The van der Waals surface area contributed by atoms with E-state index in [1.807, 2.05) is 0 Å². The van der Waals surface area contributed by atoms with Gasteiger partial charge < -0.3 is 15.2 Å². The molecule has 6 nitrogen and oxygen atoms in total. The van der Waals surface area contributed by atoms with Crippen LogP contribution in [0, 0.1) is 0 Å². The fraction of sp³-hybridized carbons (Fsp3) is 0.150. The molecule has 2 aromatic rings. The molecule has 0 heterocycles. The second kappa shape index (κ2) is 9.17. The van der Waals surface area contributed by atoms with E-state index in [1.165, 1.54) is 13.2 Å². The predicted molar refractivity (Wildman–Crippen MR) is 97.8 cm³/mol. The molecule has 0 spiro atoms. The maximum atomic E-state index is 12.5. The standard InChI is InChI=1S/C20H19NO5/c1-26-19(24)12-10-15-6-2-3-8-17(15)21-20(25)16-7-4-5-14(13-16)9-11-18(22)23/h2-8,10,12-13H,9,11H2,1H3,(H,21,25)(H,22,23)/b12-10+. The average Bonchev–Trinajstić information content (AvgIpc) is 2.65. The number of para-hydroxylation sites is 1. The van der Waals surface area contributed by atoms with E-state index in [4.69, 9.17) is 5.11 Å². The van der Waals surface area contributed by atoms with Crippen LogP contribution in [0.15, 0.2) is 54.6 Å².